The quantitative estimate of drug-likeness (QED) is 0.0545. The summed E-state index contributed by atoms with van der Waals surface area (Å²) >= 11 is 0. The number of ether oxygens (including phenoxy) is 1. The minimum absolute atomic E-state index is 0. The largest absolute Gasteiger partial charge is 1.00 e. The fourth-order valence-corrected chi connectivity index (χ4v) is 5.71. The number of hydrogen-bond acceptors (Lipinski definition) is 3. The summed E-state index contributed by atoms with van der Waals surface area (Å²) in [5, 5.41) is -9.71. The number of nitrogens with zero attached hydrogens (tertiary/aromatic N) is 1. The number of alkyl halides is 41. The van der Waals surface area contributed by atoms with Crippen molar-refractivity contribution >= 4 is 10.0 Å². The van der Waals surface area contributed by atoms with Gasteiger partial charge in [0.25, 0.3) is 15.8 Å². The van der Waals surface area contributed by atoms with Crippen molar-refractivity contribution in [3.05, 3.63) is 29.1 Å². The van der Waals surface area contributed by atoms with E-state index in [1.54, 1.807) is 0 Å². The Kier molecular flexibility index (Phi) is 17.9. The normalized spacial score (nSPS) is 16.4. The maximum Gasteiger partial charge on any atom is 0.460 e. The summed E-state index contributed by atoms with van der Waals surface area (Å²) in [6.07, 6.45) is -24.8. The number of hydrogen-bond donors (Lipinski definition) is 1. The van der Waals surface area contributed by atoms with Gasteiger partial charge in [-0.05, 0) is 0 Å². The van der Waals surface area contributed by atoms with Gasteiger partial charge in [0.2, 0.25) is 11.6 Å². The highest BCUT2D eigenvalue weighted by atomic mass is 35.5. The van der Waals surface area contributed by atoms with Gasteiger partial charge in [-0.25, -0.2) is 13.2 Å². The van der Waals surface area contributed by atoms with Gasteiger partial charge in [0.05, 0.1) is 0 Å². The number of sulfonamides is 1. The van der Waals surface area contributed by atoms with Crippen LogP contribution in [-0.4, -0.2) is 121 Å². The lowest BCUT2D eigenvalue weighted by atomic mass is 9.86. The van der Waals surface area contributed by atoms with Crippen LogP contribution in [-0.2, 0) is 27.9 Å². The molecule has 1 N–H and O–H groups in total. The third kappa shape index (κ3) is 9.12. The molecule has 1 rings (SSSR count). The summed E-state index contributed by atoms with van der Waals surface area (Å²) in [4.78, 5) is 0. The molecule has 0 unspecified atom stereocenters. The average Bonchev–Trinajstić information content (AvgIpc) is 3.19. The van der Waals surface area contributed by atoms with Crippen LogP contribution in [0.4, 0.5) is 198 Å². The van der Waals surface area contributed by atoms with Crippen molar-refractivity contribution in [1.29, 1.82) is 0 Å². The highest BCUT2D eigenvalue weighted by Crippen LogP contribution is 2.69. The summed E-state index contributed by atoms with van der Waals surface area (Å²) in [6.45, 7) is 0. The molecule has 0 saturated heterocycles. The van der Waals surface area contributed by atoms with E-state index in [4.69, 9.17) is 0 Å². The predicted molar refractivity (Wildman–Crippen MR) is 140 cm³/mol. The van der Waals surface area contributed by atoms with Crippen LogP contribution < -0.4 is 21.7 Å². The molecule has 5 nitrogen and oxygen atoms in total. The summed E-state index contributed by atoms with van der Waals surface area (Å²) in [5.74, 6) is -164. The molecule has 1 aromatic rings. The zero-order valence-corrected chi connectivity index (χ0v) is 35.0. The average molecular weight is 1310 g/mol. The zero-order valence-electron chi connectivity index (χ0n) is 33.5. The third-order valence-corrected chi connectivity index (χ3v) is 10.6. The molecular formula is C26H4ClF45N2O3S. The van der Waals surface area contributed by atoms with Crippen LogP contribution in [0.2, 0.25) is 0 Å². The summed E-state index contributed by atoms with van der Waals surface area (Å²) in [6, 6.07) is -9.52. The monoisotopic (exact) mass is 1310 g/mol. The van der Waals surface area contributed by atoms with Crippen molar-refractivity contribution in [2.75, 3.05) is 0 Å². The van der Waals surface area contributed by atoms with E-state index in [1.165, 1.54) is 4.74 Å². The van der Waals surface area contributed by atoms with Crippen LogP contribution in [0.25, 0.3) is 0 Å². The molecule has 0 spiro atoms. The van der Waals surface area contributed by atoms with Gasteiger partial charge in [-0.2, -0.15) is 198 Å². The topological polar surface area (TPSA) is 59.3 Å². The van der Waals surface area contributed by atoms with Crippen molar-refractivity contribution in [3.8, 4) is 0 Å². The van der Waals surface area contributed by atoms with Crippen LogP contribution in [0.1, 0.15) is 5.69 Å². The lowest BCUT2D eigenvalue weighted by Gasteiger charge is -2.45. The van der Waals surface area contributed by atoms with Gasteiger partial charge >= 0.3 is 130 Å². The SMILES string of the molecule is C[n+]1c(F)c(F)c(F)c(F)c1C(F)(F)OC(F)(F)C(F)(F)C(F)(F)C(F)(F)C(F)(F)C(F)(F)C(F)(F)C(F)(F)C(F)(F)C(F)(F)C(F)(F)NS(=O)(=O)C(F)(F)C(F)(F)C(F)(F)C(F)(F)C(F)(F)C(F)(F)C(F)(F)C(F)(F)F.[Cl-]. The Morgan fingerprint density at radius 2 is 0.590 bits per heavy atom. The van der Waals surface area contributed by atoms with Crippen LogP contribution in [0.5, 0.6) is 0 Å². The van der Waals surface area contributed by atoms with Gasteiger partial charge in [-0.3, -0.25) is 0 Å². The van der Waals surface area contributed by atoms with Gasteiger partial charge in [0.15, 0.2) is 0 Å². The zero-order chi connectivity index (χ0) is 63.4. The van der Waals surface area contributed by atoms with Gasteiger partial charge < -0.3 is 12.4 Å². The molecule has 78 heavy (non-hydrogen) atoms. The maximum absolute atomic E-state index is 14.2. The Morgan fingerprint density at radius 1 is 0.346 bits per heavy atom. The Hall–Kier alpha value is -3.84. The van der Waals surface area contributed by atoms with Gasteiger partial charge in [0.1, 0.15) is 7.05 Å². The molecule has 0 aromatic carbocycles. The summed E-state index contributed by atoms with van der Waals surface area (Å²) < 4.78 is 642. The second-order valence-corrected chi connectivity index (χ2v) is 15.8. The molecule has 0 atom stereocenters. The minimum Gasteiger partial charge on any atom is -1.00 e. The Bertz CT molecular complexity index is 2480. The van der Waals surface area contributed by atoms with Gasteiger partial charge in [0, 0.05) is 0 Å². The standard InChI is InChI=1S/C26H4F45N2O3S.ClH/c1-73-5(3(28)2(27)4(29)6(73)30)7(31,32)76-25(68,69)21(59,60)17(51,52)13(43,44)10(37,38)8(33,34)9(35,36)12(41,42)16(49,50)20(57,58)24(66,67)72-77(74,75)26(70,71)22(61,62)18(53,54)14(45,46)11(39,40)15(47,48)19(55,56)23(63,64)65;/h72H,1H3;1H/q+1;/p-1. The van der Waals surface area contributed by atoms with Crippen molar-refractivity contribution in [3.63, 3.8) is 0 Å². The molecule has 0 amide bonds. The van der Waals surface area contributed by atoms with Gasteiger partial charge in [-0.1, -0.05) is 0 Å². The van der Waals surface area contributed by atoms with E-state index < -0.39 is 174 Å². The molecule has 464 valence electrons. The highest BCUT2D eigenvalue weighted by molar-refractivity contribution is 7.90. The molecule has 0 aliphatic heterocycles. The van der Waals surface area contributed by atoms with E-state index in [9.17, 15) is 206 Å². The van der Waals surface area contributed by atoms with Crippen molar-refractivity contribution in [2.45, 2.75) is 119 Å². The molecule has 0 aliphatic carbocycles. The highest BCUT2D eigenvalue weighted by Gasteiger charge is 3.00. The van der Waals surface area contributed by atoms with Crippen LogP contribution >= 0.6 is 0 Å². The van der Waals surface area contributed by atoms with E-state index in [1.807, 2.05) is 0 Å². The first kappa shape index (κ1) is 74.2. The Labute approximate surface area is 398 Å². The van der Waals surface area contributed by atoms with E-state index in [-0.39, 0.29) is 12.4 Å². The minimum atomic E-state index is -10.5. The van der Waals surface area contributed by atoms with Crippen LogP contribution in [0, 0.1) is 23.4 Å². The van der Waals surface area contributed by atoms with Crippen LogP contribution in [0.15, 0.2) is 0 Å². The molecule has 0 radical (unpaired) electrons. The van der Waals surface area contributed by atoms with E-state index in [2.05, 4.69) is 0 Å². The molecule has 1 heterocycles. The van der Waals surface area contributed by atoms with Gasteiger partial charge in [-0.15, -0.1) is 9.11 Å². The fourth-order valence-electron chi connectivity index (χ4n) is 4.66. The second-order valence-electron chi connectivity index (χ2n) is 14.1. The van der Waals surface area contributed by atoms with Crippen molar-refractivity contribution < 1.29 is 228 Å². The van der Waals surface area contributed by atoms with Crippen molar-refractivity contribution in [2.24, 2.45) is 7.05 Å². The van der Waals surface area contributed by atoms with E-state index in [0.29, 0.717) is 0 Å². The molecule has 1 aromatic heterocycles. The Balaban J connectivity index is 0.0000593. The van der Waals surface area contributed by atoms with Crippen LogP contribution in [0.3, 0.4) is 0 Å². The molecule has 0 bridgehead atoms. The van der Waals surface area contributed by atoms with E-state index >= 15 is 0 Å². The predicted octanol–water partition coefficient (Wildman–Crippen LogP) is 9.93. The first-order chi connectivity index (χ1) is 32.6. The molecule has 52 heteroatoms. The number of aromatic nitrogens is 1. The second kappa shape index (κ2) is 18.9. The Morgan fingerprint density at radius 3 is 0.872 bits per heavy atom. The molecule has 0 fully saturated rings. The van der Waals surface area contributed by atoms with Crippen molar-refractivity contribution in [1.82, 2.24) is 4.72 Å². The number of halogens is 46. The summed E-state index contributed by atoms with van der Waals surface area (Å²) in [7, 11) is -11.0. The van der Waals surface area contributed by atoms with E-state index in [0.717, 1.165) is 0 Å². The third-order valence-electron chi connectivity index (χ3n) is 9.14. The molecular weight excluding hydrogens is 1310 g/mol. The first-order valence-corrected chi connectivity index (χ1v) is 17.8. The number of rotatable bonds is 22. The number of nitrogens with one attached hydrogen (secondary N) is 1. The lowest BCUT2D eigenvalue weighted by Crippen LogP contribution is -3.00. The lowest BCUT2D eigenvalue weighted by molar-refractivity contribution is -0.726. The molecule has 0 aliphatic rings. The fraction of sp³-hybridized carbons (Fsp3) is 0.808. The number of pyridine rings is 1. The summed E-state index contributed by atoms with van der Waals surface area (Å²) in [5.41, 5.74) is -3.87. The smallest absolute Gasteiger partial charge is 0.460 e. The maximum atomic E-state index is 14.2. The first-order valence-electron chi connectivity index (χ1n) is 16.3. The molecule has 0 saturated carbocycles.